The molecule has 2 rings (SSSR count). The van der Waals surface area contributed by atoms with Crippen LogP contribution in [-0.2, 0) is 17.9 Å². The summed E-state index contributed by atoms with van der Waals surface area (Å²) in [7, 11) is 1.57. The molecule has 0 saturated carbocycles. The van der Waals surface area contributed by atoms with E-state index in [0.29, 0.717) is 18.2 Å². The van der Waals surface area contributed by atoms with Gasteiger partial charge in [-0.05, 0) is 18.7 Å². The monoisotopic (exact) mass is 298 g/mol. The summed E-state index contributed by atoms with van der Waals surface area (Å²) in [5.74, 6) is -1.20. The Morgan fingerprint density at radius 2 is 2.00 bits per heavy atom. The molecule has 108 valence electrons. The average molecular weight is 298 g/mol. The molecule has 0 bridgehead atoms. The fourth-order valence-corrected chi connectivity index (χ4v) is 2.90. The van der Waals surface area contributed by atoms with E-state index in [1.807, 2.05) is 6.92 Å². The maximum atomic E-state index is 13.8. The molecule has 1 aromatic carbocycles. The third-order valence-corrected chi connectivity index (χ3v) is 3.89. The van der Waals surface area contributed by atoms with Crippen molar-refractivity contribution < 1.29 is 13.5 Å². The Hall–Kier alpha value is -1.37. The lowest BCUT2D eigenvalue weighted by Gasteiger charge is -2.00. The van der Waals surface area contributed by atoms with Crippen molar-refractivity contribution in [3.8, 4) is 10.6 Å². The van der Waals surface area contributed by atoms with Crippen molar-refractivity contribution in [3.05, 3.63) is 40.4 Å². The van der Waals surface area contributed by atoms with Crippen LogP contribution in [0.1, 0.15) is 17.5 Å². The number of methoxy groups -OCH3 is 1. The summed E-state index contributed by atoms with van der Waals surface area (Å²) >= 11 is 1.29. The lowest BCUT2D eigenvalue weighted by atomic mass is 10.2. The molecule has 0 radical (unpaired) electrons. The van der Waals surface area contributed by atoms with Gasteiger partial charge in [0.05, 0.1) is 17.9 Å². The molecule has 0 amide bonds. The first-order chi connectivity index (χ1) is 9.67. The highest BCUT2D eigenvalue weighted by molar-refractivity contribution is 7.15. The zero-order valence-corrected chi connectivity index (χ0v) is 12.2. The summed E-state index contributed by atoms with van der Waals surface area (Å²) in [5, 5.41) is 3.53. The number of nitrogens with one attached hydrogen (secondary N) is 1. The van der Waals surface area contributed by atoms with Crippen LogP contribution in [-0.4, -0.2) is 18.6 Å². The summed E-state index contributed by atoms with van der Waals surface area (Å²) in [6, 6.07) is 3.82. The first-order valence-corrected chi connectivity index (χ1v) is 7.11. The van der Waals surface area contributed by atoms with E-state index >= 15 is 0 Å². The molecular formula is C14H16F2N2OS. The van der Waals surface area contributed by atoms with E-state index in [1.54, 1.807) is 7.11 Å². The summed E-state index contributed by atoms with van der Waals surface area (Å²) in [5.41, 5.74) is 0.647. The van der Waals surface area contributed by atoms with Gasteiger partial charge in [0.2, 0.25) is 0 Å². The number of ether oxygens (including phenoxy) is 1. The maximum absolute atomic E-state index is 13.8. The fraction of sp³-hybridized carbons (Fsp3) is 0.357. The van der Waals surface area contributed by atoms with Gasteiger partial charge < -0.3 is 10.1 Å². The number of hydrogen-bond acceptors (Lipinski definition) is 4. The molecule has 0 fully saturated rings. The van der Waals surface area contributed by atoms with E-state index in [4.69, 9.17) is 4.74 Å². The molecule has 20 heavy (non-hydrogen) atoms. The van der Waals surface area contributed by atoms with Crippen molar-refractivity contribution in [2.45, 2.75) is 20.1 Å². The van der Waals surface area contributed by atoms with Crippen LogP contribution in [0.3, 0.4) is 0 Å². The minimum absolute atomic E-state index is 0.0717. The second-order valence-electron chi connectivity index (χ2n) is 4.20. The zero-order valence-electron chi connectivity index (χ0n) is 11.4. The minimum Gasteiger partial charge on any atom is -0.378 e. The highest BCUT2D eigenvalue weighted by atomic mass is 32.1. The SMILES string of the molecule is CCNCc1sc(-c2c(F)cccc2F)nc1COC. The third kappa shape index (κ3) is 3.20. The number of benzene rings is 1. The second-order valence-corrected chi connectivity index (χ2v) is 5.28. The Bertz CT molecular complexity index is 566. The number of thiazole rings is 1. The molecule has 0 spiro atoms. The van der Waals surface area contributed by atoms with E-state index < -0.39 is 11.6 Å². The molecule has 1 N–H and O–H groups in total. The highest BCUT2D eigenvalue weighted by Crippen LogP contribution is 2.32. The van der Waals surface area contributed by atoms with Gasteiger partial charge in [-0.2, -0.15) is 0 Å². The largest absolute Gasteiger partial charge is 0.378 e. The van der Waals surface area contributed by atoms with Crippen LogP contribution in [0.15, 0.2) is 18.2 Å². The number of hydrogen-bond donors (Lipinski definition) is 1. The van der Waals surface area contributed by atoms with Crippen molar-refractivity contribution in [1.82, 2.24) is 10.3 Å². The van der Waals surface area contributed by atoms with Gasteiger partial charge in [-0.15, -0.1) is 11.3 Å². The van der Waals surface area contributed by atoms with E-state index in [-0.39, 0.29) is 5.56 Å². The quantitative estimate of drug-likeness (QED) is 0.888. The normalized spacial score (nSPS) is 11.0. The van der Waals surface area contributed by atoms with Crippen LogP contribution < -0.4 is 5.32 Å². The fourth-order valence-electron chi connectivity index (χ4n) is 1.82. The van der Waals surface area contributed by atoms with E-state index in [2.05, 4.69) is 10.3 Å². The Balaban J connectivity index is 2.41. The van der Waals surface area contributed by atoms with Crippen molar-refractivity contribution in [1.29, 1.82) is 0 Å². The molecule has 2 aromatic rings. The molecule has 0 unspecified atom stereocenters. The van der Waals surface area contributed by atoms with Gasteiger partial charge in [0.15, 0.2) is 0 Å². The van der Waals surface area contributed by atoms with Crippen molar-refractivity contribution in [2.24, 2.45) is 0 Å². The van der Waals surface area contributed by atoms with E-state index in [9.17, 15) is 8.78 Å². The molecular weight excluding hydrogens is 282 g/mol. The number of aromatic nitrogens is 1. The molecule has 3 nitrogen and oxygen atoms in total. The molecule has 0 atom stereocenters. The zero-order chi connectivity index (χ0) is 14.5. The Kier molecular flexibility index (Phi) is 5.17. The molecule has 1 heterocycles. The number of rotatable bonds is 6. The molecule has 1 aromatic heterocycles. The van der Waals surface area contributed by atoms with Gasteiger partial charge in [0, 0.05) is 18.5 Å². The Labute approximate surface area is 120 Å². The van der Waals surface area contributed by atoms with Gasteiger partial charge >= 0.3 is 0 Å². The lowest BCUT2D eigenvalue weighted by Crippen LogP contribution is -2.12. The maximum Gasteiger partial charge on any atom is 0.136 e. The van der Waals surface area contributed by atoms with E-state index in [1.165, 1.54) is 29.5 Å². The number of halogens is 2. The van der Waals surface area contributed by atoms with Crippen LogP contribution in [0.4, 0.5) is 8.78 Å². The van der Waals surface area contributed by atoms with Crippen LogP contribution in [0, 0.1) is 11.6 Å². The van der Waals surface area contributed by atoms with Crippen LogP contribution >= 0.6 is 11.3 Å². The smallest absolute Gasteiger partial charge is 0.136 e. The van der Waals surface area contributed by atoms with Crippen LogP contribution in [0.2, 0.25) is 0 Å². The number of nitrogens with zero attached hydrogens (tertiary/aromatic N) is 1. The Morgan fingerprint density at radius 3 is 2.60 bits per heavy atom. The van der Waals surface area contributed by atoms with Crippen molar-refractivity contribution >= 4 is 11.3 Å². The second kappa shape index (κ2) is 6.88. The van der Waals surface area contributed by atoms with Crippen LogP contribution in [0.25, 0.3) is 10.6 Å². The first kappa shape index (κ1) is 15.0. The molecule has 0 saturated heterocycles. The predicted molar refractivity (Wildman–Crippen MR) is 75.6 cm³/mol. The highest BCUT2D eigenvalue weighted by Gasteiger charge is 2.18. The average Bonchev–Trinajstić information content (AvgIpc) is 2.79. The molecule has 0 aliphatic heterocycles. The topological polar surface area (TPSA) is 34.2 Å². The van der Waals surface area contributed by atoms with E-state index in [0.717, 1.165) is 17.1 Å². The molecule has 0 aliphatic carbocycles. The predicted octanol–water partition coefficient (Wildman–Crippen LogP) is 3.34. The van der Waals surface area contributed by atoms with Crippen molar-refractivity contribution in [2.75, 3.05) is 13.7 Å². The summed E-state index contributed by atoms with van der Waals surface area (Å²) in [4.78, 5) is 5.25. The first-order valence-electron chi connectivity index (χ1n) is 6.30. The van der Waals surface area contributed by atoms with Gasteiger partial charge in [-0.25, -0.2) is 13.8 Å². The van der Waals surface area contributed by atoms with Crippen molar-refractivity contribution in [3.63, 3.8) is 0 Å². The minimum atomic E-state index is -0.599. The standard InChI is InChI=1S/C14H16F2N2OS/c1-3-17-7-12-11(8-19-2)18-14(20-12)13-9(15)5-4-6-10(13)16/h4-6,17H,3,7-8H2,1-2H3. The summed E-state index contributed by atoms with van der Waals surface area (Å²) in [6.45, 7) is 3.75. The Morgan fingerprint density at radius 1 is 1.30 bits per heavy atom. The third-order valence-electron chi connectivity index (χ3n) is 2.77. The van der Waals surface area contributed by atoms with Gasteiger partial charge in [0.1, 0.15) is 16.6 Å². The van der Waals surface area contributed by atoms with Gasteiger partial charge in [0.25, 0.3) is 0 Å². The molecule has 6 heteroatoms. The summed E-state index contributed by atoms with van der Waals surface area (Å²) in [6.07, 6.45) is 0. The van der Waals surface area contributed by atoms with Gasteiger partial charge in [-0.3, -0.25) is 0 Å². The molecule has 0 aliphatic rings. The van der Waals surface area contributed by atoms with Crippen LogP contribution in [0.5, 0.6) is 0 Å². The summed E-state index contributed by atoms with van der Waals surface area (Å²) < 4.78 is 32.7. The lowest BCUT2D eigenvalue weighted by molar-refractivity contribution is 0.181. The van der Waals surface area contributed by atoms with Gasteiger partial charge in [-0.1, -0.05) is 13.0 Å².